The SMILES string of the molecule is CO[C@H]1OC(CS(=O)(=O)c2ccc(B3OC(C)(C)C(C)(C)O3)cc2)[C@@H](OCc2ccccc2)[C@@H](OCc2ccccc2)C1OCc1ccccc1. The van der Waals surface area contributed by atoms with Gasteiger partial charge in [-0.3, -0.25) is 0 Å². The number of methoxy groups -OCH3 is 1. The fraction of sp³-hybridized carbons (Fsp3) is 0.400. The summed E-state index contributed by atoms with van der Waals surface area (Å²) in [7, 11) is -2.99. The van der Waals surface area contributed by atoms with Crippen LogP contribution in [0.25, 0.3) is 0 Å². The summed E-state index contributed by atoms with van der Waals surface area (Å²) in [5.74, 6) is -0.376. The minimum Gasteiger partial charge on any atom is -0.399 e. The molecule has 2 unspecified atom stereocenters. The third kappa shape index (κ3) is 8.99. The highest BCUT2D eigenvalue weighted by molar-refractivity contribution is 7.91. The van der Waals surface area contributed by atoms with Gasteiger partial charge < -0.3 is 33.0 Å². The molecule has 0 saturated carbocycles. The Kier molecular flexibility index (Phi) is 11.8. The molecule has 270 valence electrons. The quantitative estimate of drug-likeness (QED) is 0.148. The van der Waals surface area contributed by atoms with E-state index in [1.165, 1.54) is 7.11 Å². The third-order valence-corrected chi connectivity index (χ3v) is 11.6. The summed E-state index contributed by atoms with van der Waals surface area (Å²) in [5.41, 5.74) is 2.54. The van der Waals surface area contributed by atoms with Gasteiger partial charge in [0, 0.05) is 7.11 Å². The number of rotatable bonds is 14. The number of ether oxygens (including phenoxy) is 5. The van der Waals surface area contributed by atoms with E-state index in [1.54, 1.807) is 24.3 Å². The van der Waals surface area contributed by atoms with Crippen molar-refractivity contribution < 1.29 is 41.4 Å². The first-order valence-electron chi connectivity index (χ1n) is 17.3. The minimum atomic E-state index is -3.90. The number of hydrogen-bond donors (Lipinski definition) is 0. The van der Waals surface area contributed by atoms with Gasteiger partial charge >= 0.3 is 7.12 Å². The monoisotopic (exact) mass is 714 g/mol. The Labute approximate surface area is 302 Å². The number of benzene rings is 4. The first-order chi connectivity index (χ1) is 24.5. The molecule has 0 bridgehead atoms. The molecule has 6 rings (SSSR count). The Morgan fingerprint density at radius 1 is 0.608 bits per heavy atom. The lowest BCUT2D eigenvalue weighted by atomic mass is 9.79. The first-order valence-corrected chi connectivity index (χ1v) is 18.9. The van der Waals surface area contributed by atoms with E-state index in [9.17, 15) is 8.42 Å². The summed E-state index contributed by atoms with van der Waals surface area (Å²) < 4.78 is 72.6. The molecule has 4 aromatic rings. The van der Waals surface area contributed by atoms with E-state index in [4.69, 9.17) is 33.0 Å². The molecule has 51 heavy (non-hydrogen) atoms. The lowest BCUT2D eigenvalue weighted by Gasteiger charge is -2.45. The van der Waals surface area contributed by atoms with Crippen LogP contribution in [0.5, 0.6) is 0 Å². The van der Waals surface area contributed by atoms with Gasteiger partial charge in [0.15, 0.2) is 16.1 Å². The van der Waals surface area contributed by atoms with Crippen LogP contribution in [0.3, 0.4) is 0 Å². The minimum absolute atomic E-state index is 0.145. The van der Waals surface area contributed by atoms with Crippen LogP contribution in [0.15, 0.2) is 120 Å². The smallest absolute Gasteiger partial charge is 0.399 e. The van der Waals surface area contributed by atoms with Crippen molar-refractivity contribution in [2.75, 3.05) is 12.9 Å². The summed E-state index contributed by atoms with van der Waals surface area (Å²) in [6, 6.07) is 35.9. The lowest BCUT2D eigenvalue weighted by molar-refractivity contribution is -0.313. The van der Waals surface area contributed by atoms with Crippen molar-refractivity contribution in [3.63, 3.8) is 0 Å². The molecule has 0 aromatic heterocycles. The average Bonchev–Trinajstić information content (AvgIpc) is 3.36. The number of sulfone groups is 1. The van der Waals surface area contributed by atoms with Gasteiger partial charge in [0.25, 0.3) is 0 Å². The van der Waals surface area contributed by atoms with E-state index in [0.29, 0.717) is 0 Å². The summed E-state index contributed by atoms with van der Waals surface area (Å²) >= 11 is 0. The van der Waals surface area contributed by atoms with Gasteiger partial charge in [-0.1, -0.05) is 103 Å². The first kappa shape index (κ1) is 37.4. The van der Waals surface area contributed by atoms with Gasteiger partial charge in [0.05, 0.1) is 41.7 Å². The van der Waals surface area contributed by atoms with E-state index < -0.39 is 58.9 Å². The Balaban J connectivity index is 1.28. The Morgan fingerprint density at radius 2 is 1.04 bits per heavy atom. The van der Waals surface area contributed by atoms with Crippen LogP contribution in [0.4, 0.5) is 0 Å². The largest absolute Gasteiger partial charge is 0.494 e. The van der Waals surface area contributed by atoms with Crippen LogP contribution < -0.4 is 5.46 Å². The molecule has 5 atom stereocenters. The lowest BCUT2D eigenvalue weighted by Crippen LogP contribution is -2.62. The second-order valence-electron chi connectivity index (χ2n) is 14.0. The highest BCUT2D eigenvalue weighted by atomic mass is 32.2. The normalized spacial score (nSPS) is 24.4. The summed E-state index contributed by atoms with van der Waals surface area (Å²) in [4.78, 5) is 0.145. The van der Waals surface area contributed by atoms with Gasteiger partial charge in [-0.25, -0.2) is 8.42 Å². The fourth-order valence-corrected chi connectivity index (χ4v) is 7.64. The van der Waals surface area contributed by atoms with E-state index in [0.717, 1.165) is 22.2 Å². The maximum Gasteiger partial charge on any atom is 0.494 e. The number of hydrogen-bond acceptors (Lipinski definition) is 9. The second kappa shape index (κ2) is 16.1. The van der Waals surface area contributed by atoms with Crippen molar-refractivity contribution in [3.05, 3.63) is 132 Å². The fourth-order valence-electron chi connectivity index (χ4n) is 6.19. The molecule has 2 fully saturated rings. The topological polar surface area (TPSA) is 98.8 Å². The zero-order valence-corrected chi connectivity index (χ0v) is 30.7. The van der Waals surface area contributed by atoms with E-state index >= 15 is 0 Å². The van der Waals surface area contributed by atoms with Crippen LogP contribution in [-0.2, 0) is 62.7 Å². The highest BCUT2D eigenvalue weighted by Gasteiger charge is 2.52. The molecule has 11 heteroatoms. The molecule has 4 aromatic carbocycles. The zero-order chi connectivity index (χ0) is 36.1. The van der Waals surface area contributed by atoms with Crippen molar-refractivity contribution >= 4 is 22.4 Å². The molecule has 2 aliphatic heterocycles. The second-order valence-corrected chi connectivity index (χ2v) is 16.0. The van der Waals surface area contributed by atoms with Crippen LogP contribution in [0, 0.1) is 0 Å². The molecular weight excluding hydrogens is 667 g/mol. The van der Waals surface area contributed by atoms with Gasteiger partial charge in [-0.15, -0.1) is 0 Å². The van der Waals surface area contributed by atoms with Gasteiger partial charge in [0.2, 0.25) is 0 Å². The summed E-state index contributed by atoms with van der Waals surface area (Å²) in [6.45, 7) is 8.65. The zero-order valence-electron chi connectivity index (χ0n) is 29.8. The van der Waals surface area contributed by atoms with Crippen molar-refractivity contribution in [1.82, 2.24) is 0 Å². The Bertz CT molecular complexity index is 1770. The molecule has 0 radical (unpaired) electrons. The summed E-state index contributed by atoms with van der Waals surface area (Å²) in [5, 5.41) is 0. The molecule has 0 spiro atoms. The van der Waals surface area contributed by atoms with Gasteiger partial charge in [-0.2, -0.15) is 0 Å². The molecule has 0 aliphatic carbocycles. The predicted molar refractivity (Wildman–Crippen MR) is 195 cm³/mol. The van der Waals surface area contributed by atoms with Crippen molar-refractivity contribution in [2.24, 2.45) is 0 Å². The van der Waals surface area contributed by atoms with Crippen molar-refractivity contribution in [1.29, 1.82) is 0 Å². The van der Waals surface area contributed by atoms with Crippen molar-refractivity contribution in [2.45, 2.75) is 94.3 Å². The molecular formula is C40H47BO9S. The highest BCUT2D eigenvalue weighted by Crippen LogP contribution is 2.37. The molecule has 2 heterocycles. The van der Waals surface area contributed by atoms with Crippen LogP contribution >= 0.6 is 0 Å². The maximum absolute atomic E-state index is 14.1. The molecule has 0 amide bonds. The van der Waals surface area contributed by atoms with Gasteiger partial charge in [0.1, 0.15) is 24.4 Å². The molecule has 0 N–H and O–H groups in total. The van der Waals surface area contributed by atoms with E-state index in [-0.39, 0.29) is 30.5 Å². The maximum atomic E-state index is 14.1. The Hall–Kier alpha value is -3.39. The third-order valence-electron chi connectivity index (χ3n) is 9.83. The average molecular weight is 715 g/mol. The standard InChI is InChI=1S/C40H47BO9S/c1-39(2)40(3,4)50-41(49-39)32-21-23-33(24-22-32)51(42,43)28-34-35(45-25-29-15-9-6-10-16-29)36(46-26-30-17-11-7-12-18-30)37(38(44-5)48-34)47-27-31-19-13-8-14-20-31/h6-24,34-38H,25-28H2,1-5H3/t34?,35-,36-,37?,38+/m1/s1. The van der Waals surface area contributed by atoms with Crippen LogP contribution in [-0.4, -0.2) is 70.3 Å². The van der Waals surface area contributed by atoms with E-state index in [2.05, 4.69) is 0 Å². The van der Waals surface area contributed by atoms with Gasteiger partial charge in [-0.05, 0) is 62.0 Å². The van der Waals surface area contributed by atoms with Crippen LogP contribution in [0.1, 0.15) is 44.4 Å². The predicted octanol–water partition coefficient (Wildman–Crippen LogP) is 5.89. The van der Waals surface area contributed by atoms with E-state index in [1.807, 2.05) is 119 Å². The van der Waals surface area contributed by atoms with Crippen LogP contribution in [0.2, 0.25) is 0 Å². The summed E-state index contributed by atoms with van der Waals surface area (Å²) in [6.07, 6.45) is -4.21. The molecule has 2 aliphatic rings. The van der Waals surface area contributed by atoms with Crippen molar-refractivity contribution in [3.8, 4) is 0 Å². The Morgan fingerprint density at radius 3 is 1.49 bits per heavy atom. The molecule has 2 saturated heterocycles. The molecule has 9 nitrogen and oxygen atoms in total.